The van der Waals surface area contributed by atoms with Crippen LogP contribution in [0.5, 0.6) is 0 Å². The molecule has 3 aromatic carbocycles. The van der Waals surface area contributed by atoms with Crippen LogP contribution in [0, 0.1) is 0 Å². The fourth-order valence-electron chi connectivity index (χ4n) is 5.49. The number of aryl methyl sites for hydroxylation is 1. The Morgan fingerprint density at radius 3 is 1.84 bits per heavy atom. The molecule has 0 saturated carbocycles. The number of fused-ring (bicyclic) bond motifs is 4. The van der Waals surface area contributed by atoms with Gasteiger partial charge in [-0.25, -0.2) is 0 Å². The lowest BCUT2D eigenvalue weighted by molar-refractivity contribution is 0.825. The molecule has 0 aliphatic heterocycles. The van der Waals surface area contributed by atoms with Crippen molar-refractivity contribution in [3.8, 4) is 11.1 Å². The van der Waals surface area contributed by atoms with Crippen LogP contribution in [0.15, 0.2) is 72.8 Å². The summed E-state index contributed by atoms with van der Waals surface area (Å²) in [7, 11) is -1.59. The topological polar surface area (TPSA) is 0 Å². The van der Waals surface area contributed by atoms with Gasteiger partial charge in [-0.15, -0.1) is 0 Å². The van der Waals surface area contributed by atoms with E-state index in [0.29, 0.717) is 5.54 Å². The van der Waals surface area contributed by atoms with E-state index in [4.69, 9.17) is 0 Å². The number of hydrogen-bond acceptors (Lipinski definition) is 0. The summed E-state index contributed by atoms with van der Waals surface area (Å²) in [5.74, 6) is 0. The molecule has 3 aromatic rings. The highest BCUT2D eigenvalue weighted by atomic mass is 28.3. The number of hydrogen-bond donors (Lipinski definition) is 0. The first kappa shape index (κ1) is 15.2. The van der Waals surface area contributed by atoms with Crippen molar-refractivity contribution < 1.29 is 0 Å². The van der Waals surface area contributed by atoms with Gasteiger partial charge in [-0.2, -0.15) is 0 Å². The van der Waals surface area contributed by atoms with Gasteiger partial charge in [-0.1, -0.05) is 85.9 Å². The average molecular weight is 341 g/mol. The summed E-state index contributed by atoms with van der Waals surface area (Å²) in [5, 5.41) is 0. The fraction of sp³-hybridized carbons (Fsp3) is 0.250. The SMILES string of the molecule is C[Si](C)(C1CCc2ccccc21)C1c2ccccc2-c2ccccc21. The molecule has 0 spiro atoms. The monoisotopic (exact) mass is 340 g/mol. The van der Waals surface area contributed by atoms with Crippen molar-refractivity contribution >= 4 is 8.07 Å². The minimum Gasteiger partial charge on any atom is -0.0682 e. The van der Waals surface area contributed by atoms with Crippen molar-refractivity contribution in [2.24, 2.45) is 0 Å². The molecule has 0 aromatic heterocycles. The van der Waals surface area contributed by atoms with Crippen LogP contribution in [-0.2, 0) is 6.42 Å². The summed E-state index contributed by atoms with van der Waals surface area (Å²) in [5.41, 5.74) is 10.7. The molecule has 2 aliphatic rings. The molecular weight excluding hydrogens is 316 g/mol. The minimum absolute atomic E-state index is 0.607. The first-order valence-corrected chi connectivity index (χ1v) is 12.6. The molecule has 25 heavy (non-hydrogen) atoms. The Balaban J connectivity index is 1.68. The van der Waals surface area contributed by atoms with Gasteiger partial charge >= 0.3 is 0 Å². The van der Waals surface area contributed by atoms with Gasteiger partial charge in [0.15, 0.2) is 0 Å². The van der Waals surface area contributed by atoms with Gasteiger partial charge in [0.05, 0.1) is 8.07 Å². The predicted molar refractivity (Wildman–Crippen MR) is 109 cm³/mol. The van der Waals surface area contributed by atoms with Crippen molar-refractivity contribution in [1.29, 1.82) is 0 Å². The predicted octanol–water partition coefficient (Wildman–Crippen LogP) is 6.32. The summed E-state index contributed by atoms with van der Waals surface area (Å²) in [4.78, 5) is 0. The second kappa shape index (κ2) is 5.44. The largest absolute Gasteiger partial charge is 0.0682 e. The molecule has 1 atom stereocenters. The molecule has 124 valence electrons. The lowest BCUT2D eigenvalue weighted by Gasteiger charge is -2.37. The Bertz CT molecular complexity index is 908. The van der Waals surface area contributed by atoms with Crippen molar-refractivity contribution in [2.45, 2.75) is 37.0 Å². The van der Waals surface area contributed by atoms with E-state index in [1.165, 1.54) is 24.0 Å². The van der Waals surface area contributed by atoms with Crippen LogP contribution in [0.1, 0.15) is 39.8 Å². The molecule has 0 radical (unpaired) electrons. The third kappa shape index (κ3) is 2.12. The maximum atomic E-state index is 2.63. The molecule has 0 nitrogen and oxygen atoms in total. The molecule has 2 aliphatic carbocycles. The van der Waals surface area contributed by atoms with Gasteiger partial charge in [-0.3, -0.25) is 0 Å². The summed E-state index contributed by atoms with van der Waals surface area (Å²) in [6.07, 6.45) is 2.59. The molecule has 0 saturated heterocycles. The third-order valence-corrected chi connectivity index (χ3v) is 11.1. The Labute approximate surface area is 151 Å². The van der Waals surface area contributed by atoms with Gasteiger partial charge in [0.2, 0.25) is 0 Å². The van der Waals surface area contributed by atoms with Gasteiger partial charge in [0.25, 0.3) is 0 Å². The van der Waals surface area contributed by atoms with Gasteiger partial charge in [0.1, 0.15) is 0 Å². The maximum absolute atomic E-state index is 2.63. The Morgan fingerprint density at radius 2 is 1.20 bits per heavy atom. The smallest absolute Gasteiger partial charge is 0.0679 e. The van der Waals surface area contributed by atoms with Crippen molar-refractivity contribution in [1.82, 2.24) is 0 Å². The summed E-state index contributed by atoms with van der Waals surface area (Å²) in [6, 6.07) is 27.4. The minimum atomic E-state index is -1.59. The second-order valence-electron chi connectivity index (χ2n) is 8.22. The molecule has 5 rings (SSSR count). The normalized spacial score (nSPS) is 18.7. The summed E-state index contributed by atoms with van der Waals surface area (Å²) in [6.45, 7) is 5.26. The zero-order chi connectivity index (χ0) is 17.0. The average Bonchev–Trinajstić information content (AvgIpc) is 3.22. The third-order valence-electron chi connectivity index (χ3n) is 6.61. The highest BCUT2D eigenvalue weighted by molar-refractivity contribution is 6.81. The second-order valence-corrected chi connectivity index (χ2v) is 13.1. The van der Waals surface area contributed by atoms with E-state index in [2.05, 4.69) is 85.9 Å². The van der Waals surface area contributed by atoms with E-state index < -0.39 is 8.07 Å². The molecule has 1 heteroatoms. The summed E-state index contributed by atoms with van der Waals surface area (Å²) < 4.78 is 0. The number of benzene rings is 3. The molecular formula is C24H24Si. The zero-order valence-corrected chi connectivity index (χ0v) is 16.0. The van der Waals surface area contributed by atoms with Crippen LogP contribution < -0.4 is 0 Å². The van der Waals surface area contributed by atoms with Crippen LogP contribution in [0.25, 0.3) is 11.1 Å². The molecule has 0 bridgehead atoms. The Morgan fingerprint density at radius 1 is 0.680 bits per heavy atom. The van der Waals surface area contributed by atoms with Crippen LogP contribution >= 0.6 is 0 Å². The van der Waals surface area contributed by atoms with E-state index in [1.54, 1.807) is 22.3 Å². The fourth-order valence-corrected chi connectivity index (χ4v) is 9.97. The van der Waals surface area contributed by atoms with Gasteiger partial charge < -0.3 is 0 Å². The van der Waals surface area contributed by atoms with E-state index in [9.17, 15) is 0 Å². The van der Waals surface area contributed by atoms with Gasteiger partial charge in [0, 0.05) is 5.54 Å². The Hall–Kier alpha value is -2.12. The quantitative estimate of drug-likeness (QED) is 0.479. The first-order chi connectivity index (χ1) is 12.2. The lowest BCUT2D eigenvalue weighted by Crippen LogP contribution is -2.41. The number of rotatable bonds is 2. The molecule has 0 N–H and O–H groups in total. The molecule has 0 heterocycles. The van der Waals surface area contributed by atoms with Crippen molar-refractivity contribution in [3.63, 3.8) is 0 Å². The molecule has 0 amide bonds. The molecule has 0 fully saturated rings. The van der Waals surface area contributed by atoms with Crippen molar-refractivity contribution in [2.75, 3.05) is 0 Å². The Kier molecular flexibility index (Phi) is 3.30. The highest BCUT2D eigenvalue weighted by Gasteiger charge is 2.47. The summed E-state index contributed by atoms with van der Waals surface area (Å²) >= 11 is 0. The van der Waals surface area contributed by atoms with Crippen LogP contribution in [0.2, 0.25) is 13.1 Å². The van der Waals surface area contributed by atoms with E-state index in [0.717, 1.165) is 5.54 Å². The van der Waals surface area contributed by atoms with E-state index in [-0.39, 0.29) is 0 Å². The van der Waals surface area contributed by atoms with E-state index >= 15 is 0 Å². The van der Waals surface area contributed by atoms with Gasteiger partial charge in [-0.05, 0) is 51.8 Å². The zero-order valence-electron chi connectivity index (χ0n) is 15.0. The standard InChI is InChI=1S/C24H24Si/c1-25(2,23-16-15-17-9-3-4-10-18(17)23)24-21-13-7-5-11-19(21)20-12-6-8-14-22(20)24/h3-14,23-24H,15-16H2,1-2H3. The first-order valence-electron chi connectivity index (χ1n) is 9.44. The maximum Gasteiger partial charge on any atom is 0.0679 e. The van der Waals surface area contributed by atoms with E-state index in [1.807, 2.05) is 0 Å². The van der Waals surface area contributed by atoms with Crippen LogP contribution in [-0.4, -0.2) is 8.07 Å². The van der Waals surface area contributed by atoms with Crippen LogP contribution in [0.4, 0.5) is 0 Å². The molecule has 1 unspecified atom stereocenters. The lowest BCUT2D eigenvalue weighted by atomic mass is 10.1. The van der Waals surface area contributed by atoms with Crippen molar-refractivity contribution in [3.05, 3.63) is 95.1 Å². The van der Waals surface area contributed by atoms with Crippen LogP contribution in [0.3, 0.4) is 0 Å². The highest BCUT2D eigenvalue weighted by Crippen LogP contribution is 2.54.